The van der Waals surface area contributed by atoms with Crippen LogP contribution in [0, 0.1) is 5.82 Å². The average Bonchev–Trinajstić information content (AvgIpc) is 2.37. The first kappa shape index (κ1) is 18.2. The summed E-state index contributed by atoms with van der Waals surface area (Å²) in [7, 11) is 1.02. The second kappa shape index (κ2) is 7.42. The van der Waals surface area contributed by atoms with E-state index in [1.54, 1.807) is 6.92 Å². The van der Waals surface area contributed by atoms with E-state index in [0.29, 0.717) is 6.07 Å². The molecule has 0 heterocycles. The van der Waals surface area contributed by atoms with Crippen LogP contribution >= 0.6 is 22.3 Å². The van der Waals surface area contributed by atoms with E-state index < -0.39 is 30.7 Å². The van der Waals surface area contributed by atoms with Gasteiger partial charge in [0.2, 0.25) is 0 Å². The van der Waals surface area contributed by atoms with Gasteiger partial charge in [-0.3, -0.25) is 4.79 Å². The van der Waals surface area contributed by atoms with Crippen LogP contribution in [0.5, 0.6) is 0 Å². The van der Waals surface area contributed by atoms with E-state index >= 15 is 0 Å². The summed E-state index contributed by atoms with van der Waals surface area (Å²) in [6, 6.07) is 1.52. The zero-order valence-corrected chi connectivity index (χ0v) is 13.9. The zero-order chi connectivity index (χ0) is 16.2. The second-order valence-electron chi connectivity index (χ2n) is 4.72. The van der Waals surface area contributed by atoms with Crippen molar-refractivity contribution in [2.75, 3.05) is 0 Å². The van der Waals surface area contributed by atoms with E-state index in [4.69, 9.17) is 22.3 Å². The molecule has 8 heteroatoms. The molecule has 0 fully saturated rings. The van der Waals surface area contributed by atoms with Crippen LogP contribution in [0.15, 0.2) is 17.0 Å². The number of carbonyl (C=O) groups excluding carboxylic acids is 1. The lowest BCUT2D eigenvalue weighted by molar-refractivity contribution is 0.0937. The maximum atomic E-state index is 13.6. The van der Waals surface area contributed by atoms with Crippen molar-refractivity contribution in [3.8, 4) is 0 Å². The van der Waals surface area contributed by atoms with Gasteiger partial charge in [0.25, 0.3) is 15.0 Å². The summed E-state index contributed by atoms with van der Waals surface area (Å²) in [5.41, 5.74) is -0.251. The lowest BCUT2D eigenvalue weighted by Gasteiger charge is -2.14. The summed E-state index contributed by atoms with van der Waals surface area (Å²) in [6.07, 6.45) is 2.67. The monoisotopic (exact) mass is 355 g/mol. The van der Waals surface area contributed by atoms with Crippen molar-refractivity contribution in [3.63, 3.8) is 0 Å². The number of hydrogen-bond donors (Lipinski definition) is 1. The van der Waals surface area contributed by atoms with Crippen LogP contribution < -0.4 is 5.32 Å². The molecular weight excluding hydrogens is 340 g/mol. The minimum absolute atomic E-state index is 0.132. The van der Waals surface area contributed by atoms with Crippen molar-refractivity contribution in [1.82, 2.24) is 5.32 Å². The Bertz CT molecular complexity index is 635. The van der Waals surface area contributed by atoms with Crippen molar-refractivity contribution in [1.29, 1.82) is 0 Å². The molecule has 1 unspecified atom stereocenters. The Balaban J connectivity index is 3.06. The standard InChI is InChI=1S/C13H16Cl2FNO3S/c1-3-4-5-8(2)17-13(18)10-6-9(21(15,19)20)7-11(16)12(10)14/h6-8H,3-5H2,1-2H3,(H,17,18). The normalized spacial score (nSPS) is 13.0. The molecule has 1 N–H and O–H groups in total. The number of benzene rings is 1. The van der Waals surface area contributed by atoms with Gasteiger partial charge in [-0.05, 0) is 25.5 Å². The molecule has 0 bridgehead atoms. The van der Waals surface area contributed by atoms with Crippen LogP contribution in [0.25, 0.3) is 0 Å². The van der Waals surface area contributed by atoms with Crippen LogP contribution in [-0.2, 0) is 9.05 Å². The maximum Gasteiger partial charge on any atom is 0.261 e. The van der Waals surface area contributed by atoms with Gasteiger partial charge in [-0.2, -0.15) is 0 Å². The predicted octanol–water partition coefficient (Wildman–Crippen LogP) is 3.72. The number of nitrogens with one attached hydrogen (secondary N) is 1. The summed E-state index contributed by atoms with van der Waals surface area (Å²) >= 11 is 5.72. The highest BCUT2D eigenvalue weighted by atomic mass is 35.7. The molecule has 1 rings (SSSR count). The third kappa shape index (κ3) is 5.13. The van der Waals surface area contributed by atoms with Crippen LogP contribution in [0.2, 0.25) is 5.02 Å². The van der Waals surface area contributed by atoms with Gasteiger partial charge in [0.1, 0.15) is 5.82 Å². The van der Waals surface area contributed by atoms with E-state index in [0.717, 1.165) is 25.3 Å². The fourth-order valence-corrected chi connectivity index (χ4v) is 2.72. The van der Waals surface area contributed by atoms with Gasteiger partial charge in [0.05, 0.1) is 15.5 Å². The smallest absolute Gasteiger partial charge is 0.261 e. The minimum Gasteiger partial charge on any atom is -0.350 e. The largest absolute Gasteiger partial charge is 0.350 e. The lowest BCUT2D eigenvalue weighted by atomic mass is 10.1. The van der Waals surface area contributed by atoms with Crippen LogP contribution in [-0.4, -0.2) is 20.4 Å². The molecule has 0 saturated carbocycles. The summed E-state index contributed by atoms with van der Waals surface area (Å²) in [5.74, 6) is -1.64. The zero-order valence-electron chi connectivity index (χ0n) is 11.6. The molecule has 1 aromatic rings. The SMILES string of the molecule is CCCCC(C)NC(=O)c1cc(S(=O)(=O)Cl)cc(F)c1Cl. The third-order valence-electron chi connectivity index (χ3n) is 2.90. The van der Waals surface area contributed by atoms with E-state index in [1.165, 1.54) is 0 Å². The first-order chi connectivity index (χ1) is 9.66. The van der Waals surface area contributed by atoms with Crippen molar-refractivity contribution in [3.05, 3.63) is 28.5 Å². The Morgan fingerprint density at radius 3 is 2.57 bits per heavy atom. The van der Waals surface area contributed by atoms with Gasteiger partial charge in [0, 0.05) is 16.7 Å². The first-order valence-electron chi connectivity index (χ1n) is 6.41. The molecular formula is C13H16Cl2FNO3S. The Morgan fingerprint density at radius 2 is 2.05 bits per heavy atom. The maximum absolute atomic E-state index is 13.6. The summed E-state index contributed by atoms with van der Waals surface area (Å²) in [6.45, 7) is 3.83. The highest BCUT2D eigenvalue weighted by molar-refractivity contribution is 8.13. The number of amides is 1. The topological polar surface area (TPSA) is 63.2 Å². The van der Waals surface area contributed by atoms with Gasteiger partial charge in [-0.25, -0.2) is 12.8 Å². The Kier molecular flexibility index (Phi) is 6.43. The number of rotatable bonds is 6. The molecule has 1 atom stereocenters. The molecule has 0 aliphatic rings. The van der Waals surface area contributed by atoms with Crippen LogP contribution in [0.4, 0.5) is 4.39 Å². The van der Waals surface area contributed by atoms with Crippen molar-refractivity contribution in [2.45, 2.75) is 44.0 Å². The number of carbonyl (C=O) groups is 1. The Hall–Kier alpha value is -0.850. The van der Waals surface area contributed by atoms with Gasteiger partial charge in [0.15, 0.2) is 0 Å². The lowest BCUT2D eigenvalue weighted by Crippen LogP contribution is -2.32. The molecule has 0 radical (unpaired) electrons. The van der Waals surface area contributed by atoms with Gasteiger partial charge >= 0.3 is 0 Å². The van der Waals surface area contributed by atoms with Crippen LogP contribution in [0.3, 0.4) is 0 Å². The summed E-state index contributed by atoms with van der Waals surface area (Å²) in [4.78, 5) is 11.6. The van der Waals surface area contributed by atoms with Crippen molar-refractivity contribution >= 4 is 37.2 Å². The average molecular weight is 356 g/mol. The second-order valence-corrected chi connectivity index (χ2v) is 7.67. The number of halogens is 3. The molecule has 1 amide bonds. The molecule has 0 spiro atoms. The highest BCUT2D eigenvalue weighted by Gasteiger charge is 2.21. The molecule has 0 aliphatic carbocycles. The quantitative estimate of drug-likeness (QED) is 0.791. The first-order valence-corrected chi connectivity index (χ1v) is 9.10. The molecule has 0 aliphatic heterocycles. The highest BCUT2D eigenvalue weighted by Crippen LogP contribution is 2.26. The summed E-state index contributed by atoms with van der Waals surface area (Å²) in [5, 5.41) is 2.22. The predicted molar refractivity (Wildman–Crippen MR) is 80.9 cm³/mol. The van der Waals surface area contributed by atoms with Gasteiger partial charge < -0.3 is 5.32 Å². The molecule has 21 heavy (non-hydrogen) atoms. The fraction of sp³-hybridized carbons (Fsp3) is 0.462. The molecule has 4 nitrogen and oxygen atoms in total. The fourth-order valence-electron chi connectivity index (χ4n) is 1.75. The van der Waals surface area contributed by atoms with Gasteiger partial charge in [-0.15, -0.1) is 0 Å². The number of unbranched alkanes of at least 4 members (excludes halogenated alkanes) is 1. The molecule has 118 valence electrons. The van der Waals surface area contributed by atoms with E-state index in [-0.39, 0.29) is 11.6 Å². The third-order valence-corrected chi connectivity index (χ3v) is 4.61. The van der Waals surface area contributed by atoms with Gasteiger partial charge in [-0.1, -0.05) is 31.4 Å². The number of hydrogen-bond acceptors (Lipinski definition) is 3. The van der Waals surface area contributed by atoms with Crippen molar-refractivity contribution < 1.29 is 17.6 Å². The van der Waals surface area contributed by atoms with Crippen LogP contribution in [0.1, 0.15) is 43.5 Å². The van der Waals surface area contributed by atoms with E-state index in [2.05, 4.69) is 5.32 Å². The molecule has 0 saturated heterocycles. The Labute approximate surface area is 133 Å². The summed E-state index contributed by atoms with van der Waals surface area (Å²) < 4.78 is 36.2. The molecule has 0 aromatic heterocycles. The Morgan fingerprint density at radius 1 is 1.43 bits per heavy atom. The molecule has 1 aromatic carbocycles. The van der Waals surface area contributed by atoms with E-state index in [9.17, 15) is 17.6 Å². The van der Waals surface area contributed by atoms with Crippen molar-refractivity contribution in [2.24, 2.45) is 0 Å². The van der Waals surface area contributed by atoms with E-state index in [1.807, 2.05) is 6.92 Å². The minimum atomic E-state index is -4.15.